The van der Waals surface area contributed by atoms with E-state index in [1.54, 1.807) is 22.8 Å². The average molecular weight is 444 g/mol. The van der Waals surface area contributed by atoms with Gasteiger partial charge in [0.15, 0.2) is 5.65 Å². The number of amides is 1. The fourth-order valence-electron chi connectivity index (χ4n) is 3.83. The number of imidazole rings is 1. The molecule has 0 saturated carbocycles. The first kappa shape index (κ1) is 21.9. The van der Waals surface area contributed by atoms with E-state index in [-0.39, 0.29) is 18.6 Å². The van der Waals surface area contributed by atoms with Crippen molar-refractivity contribution in [3.63, 3.8) is 0 Å². The third kappa shape index (κ3) is 3.62. The molecule has 4 rings (SSSR count). The molecule has 0 aliphatic heterocycles. The van der Waals surface area contributed by atoms with Crippen molar-refractivity contribution in [3.05, 3.63) is 59.4 Å². The van der Waals surface area contributed by atoms with Gasteiger partial charge in [-0.05, 0) is 55.8 Å². The molecule has 2 N–H and O–H groups in total. The largest absolute Gasteiger partial charge is 0.416 e. The molecule has 1 amide bonds. The van der Waals surface area contributed by atoms with Crippen LogP contribution >= 0.6 is 0 Å². The summed E-state index contributed by atoms with van der Waals surface area (Å²) in [6.45, 7) is 3.56. The standard InChI is InChI=1S/C23H23F3N4O2/c1-4-16(12-31)28-22(32)14-5-10-19-18(11-14)20-21(27-13(2)29(20)3)30(19)17-8-6-15(7-9-17)23(24,25)26/h5-11,16,31H,4,12H2,1-3H3,(H,28,32)/t16-/m1/s1. The maximum atomic E-state index is 13.0. The van der Waals surface area contributed by atoms with Crippen molar-refractivity contribution in [2.75, 3.05) is 6.61 Å². The molecule has 0 spiro atoms. The molecule has 0 aliphatic carbocycles. The molecular weight excluding hydrogens is 421 g/mol. The second-order valence-electron chi connectivity index (χ2n) is 7.76. The van der Waals surface area contributed by atoms with Crippen LogP contribution in [0.25, 0.3) is 27.8 Å². The summed E-state index contributed by atoms with van der Waals surface area (Å²) in [5.74, 6) is 0.431. The van der Waals surface area contributed by atoms with Gasteiger partial charge in [0, 0.05) is 23.7 Å². The predicted octanol–water partition coefficient (Wildman–Crippen LogP) is 4.35. The zero-order valence-electron chi connectivity index (χ0n) is 17.9. The lowest BCUT2D eigenvalue weighted by molar-refractivity contribution is -0.137. The summed E-state index contributed by atoms with van der Waals surface area (Å²) >= 11 is 0. The summed E-state index contributed by atoms with van der Waals surface area (Å²) in [5.41, 5.74) is 2.35. The average Bonchev–Trinajstić information content (AvgIpc) is 3.23. The van der Waals surface area contributed by atoms with E-state index in [1.807, 2.05) is 25.5 Å². The van der Waals surface area contributed by atoms with Crippen molar-refractivity contribution in [3.8, 4) is 5.69 Å². The number of aromatic nitrogens is 3. The molecule has 32 heavy (non-hydrogen) atoms. The van der Waals surface area contributed by atoms with E-state index in [9.17, 15) is 23.1 Å². The van der Waals surface area contributed by atoms with Crippen LogP contribution in [0.5, 0.6) is 0 Å². The summed E-state index contributed by atoms with van der Waals surface area (Å²) in [7, 11) is 1.85. The molecule has 2 aromatic carbocycles. The van der Waals surface area contributed by atoms with Gasteiger partial charge in [0.05, 0.1) is 29.2 Å². The lowest BCUT2D eigenvalue weighted by atomic mass is 10.1. The lowest BCUT2D eigenvalue weighted by Gasteiger charge is -2.14. The van der Waals surface area contributed by atoms with Crippen molar-refractivity contribution in [2.24, 2.45) is 7.05 Å². The van der Waals surface area contributed by atoms with Crippen LogP contribution in [-0.2, 0) is 13.2 Å². The fourth-order valence-corrected chi connectivity index (χ4v) is 3.83. The molecule has 9 heteroatoms. The molecule has 4 aromatic rings. The minimum atomic E-state index is -4.42. The van der Waals surface area contributed by atoms with Gasteiger partial charge in [-0.15, -0.1) is 0 Å². The first-order valence-electron chi connectivity index (χ1n) is 10.2. The highest BCUT2D eigenvalue weighted by molar-refractivity contribution is 6.09. The highest BCUT2D eigenvalue weighted by Crippen LogP contribution is 2.34. The number of alkyl halides is 3. The van der Waals surface area contributed by atoms with Crippen molar-refractivity contribution >= 4 is 28.0 Å². The highest BCUT2D eigenvalue weighted by Gasteiger charge is 2.30. The second-order valence-corrected chi connectivity index (χ2v) is 7.76. The summed E-state index contributed by atoms with van der Waals surface area (Å²) < 4.78 is 42.7. The van der Waals surface area contributed by atoms with E-state index in [2.05, 4.69) is 10.3 Å². The number of halogens is 3. The minimum absolute atomic E-state index is 0.153. The van der Waals surface area contributed by atoms with Crippen LogP contribution in [0.1, 0.15) is 35.1 Å². The first-order valence-corrected chi connectivity index (χ1v) is 10.2. The number of aliphatic hydroxyl groups is 1. The fraction of sp³-hybridized carbons (Fsp3) is 0.304. The molecule has 0 unspecified atom stereocenters. The molecule has 0 fully saturated rings. The topological polar surface area (TPSA) is 72.1 Å². The Morgan fingerprint density at radius 3 is 2.47 bits per heavy atom. The lowest BCUT2D eigenvalue weighted by Crippen LogP contribution is -2.36. The third-order valence-corrected chi connectivity index (χ3v) is 5.77. The Labute approximate surface area is 182 Å². The van der Waals surface area contributed by atoms with E-state index >= 15 is 0 Å². The van der Waals surface area contributed by atoms with Crippen molar-refractivity contribution < 1.29 is 23.1 Å². The molecule has 0 saturated heterocycles. The SMILES string of the molecule is CC[C@H](CO)NC(=O)c1ccc2c(c1)c1c(nc(C)n1C)n2-c1ccc(C(F)(F)F)cc1. The summed E-state index contributed by atoms with van der Waals surface area (Å²) in [6, 6.07) is 9.76. The number of aliphatic hydroxyl groups excluding tert-OH is 1. The Balaban J connectivity index is 1.88. The van der Waals surface area contributed by atoms with Gasteiger partial charge in [-0.3, -0.25) is 9.36 Å². The summed E-state index contributed by atoms with van der Waals surface area (Å²) in [6.07, 6.45) is -3.82. The number of nitrogens with one attached hydrogen (secondary N) is 1. The Hall–Kier alpha value is -3.33. The van der Waals surface area contributed by atoms with Crippen LogP contribution in [0.2, 0.25) is 0 Å². The van der Waals surface area contributed by atoms with Crippen LogP contribution in [0, 0.1) is 6.92 Å². The molecular formula is C23H23F3N4O2. The molecule has 0 radical (unpaired) electrons. The number of carbonyl (C=O) groups is 1. The third-order valence-electron chi connectivity index (χ3n) is 5.77. The predicted molar refractivity (Wildman–Crippen MR) is 116 cm³/mol. The van der Waals surface area contributed by atoms with Gasteiger partial charge in [0.25, 0.3) is 5.91 Å². The number of aryl methyl sites for hydroxylation is 2. The van der Waals surface area contributed by atoms with E-state index < -0.39 is 11.7 Å². The van der Waals surface area contributed by atoms with E-state index in [0.29, 0.717) is 23.3 Å². The van der Waals surface area contributed by atoms with E-state index in [4.69, 9.17) is 0 Å². The Kier molecular flexibility index (Phi) is 5.46. The smallest absolute Gasteiger partial charge is 0.394 e. The van der Waals surface area contributed by atoms with Crippen LogP contribution < -0.4 is 5.32 Å². The number of hydrogen-bond acceptors (Lipinski definition) is 3. The summed E-state index contributed by atoms with van der Waals surface area (Å²) in [5, 5.41) is 12.9. The minimum Gasteiger partial charge on any atom is -0.394 e. The van der Waals surface area contributed by atoms with Crippen LogP contribution in [-0.4, -0.2) is 37.8 Å². The molecule has 0 bridgehead atoms. The zero-order valence-corrected chi connectivity index (χ0v) is 17.9. The van der Waals surface area contributed by atoms with Gasteiger partial charge in [0.1, 0.15) is 5.82 Å². The number of carbonyl (C=O) groups excluding carboxylic acids is 1. The van der Waals surface area contributed by atoms with Crippen molar-refractivity contribution in [2.45, 2.75) is 32.5 Å². The van der Waals surface area contributed by atoms with E-state index in [1.165, 1.54) is 12.1 Å². The van der Waals surface area contributed by atoms with Crippen molar-refractivity contribution in [1.29, 1.82) is 0 Å². The Bertz CT molecular complexity index is 1300. The van der Waals surface area contributed by atoms with Gasteiger partial charge in [-0.25, -0.2) is 4.98 Å². The molecule has 168 valence electrons. The first-order chi connectivity index (χ1) is 15.2. The van der Waals surface area contributed by atoms with Gasteiger partial charge in [-0.2, -0.15) is 13.2 Å². The quantitative estimate of drug-likeness (QED) is 0.481. The maximum absolute atomic E-state index is 13.0. The summed E-state index contributed by atoms with van der Waals surface area (Å²) in [4.78, 5) is 17.3. The molecule has 6 nitrogen and oxygen atoms in total. The number of fused-ring (bicyclic) bond motifs is 3. The van der Waals surface area contributed by atoms with E-state index in [0.717, 1.165) is 34.4 Å². The molecule has 2 heterocycles. The van der Waals surface area contributed by atoms with Gasteiger partial charge < -0.3 is 15.0 Å². The van der Waals surface area contributed by atoms with Crippen LogP contribution in [0.4, 0.5) is 13.2 Å². The van der Waals surface area contributed by atoms with Crippen LogP contribution in [0.15, 0.2) is 42.5 Å². The Morgan fingerprint density at radius 2 is 1.88 bits per heavy atom. The number of hydrogen-bond donors (Lipinski definition) is 2. The highest BCUT2D eigenvalue weighted by atomic mass is 19.4. The Morgan fingerprint density at radius 1 is 1.19 bits per heavy atom. The van der Waals surface area contributed by atoms with Gasteiger partial charge in [-0.1, -0.05) is 6.92 Å². The van der Waals surface area contributed by atoms with Crippen molar-refractivity contribution in [1.82, 2.24) is 19.4 Å². The number of benzene rings is 2. The zero-order chi connectivity index (χ0) is 23.2. The second kappa shape index (κ2) is 7.98. The normalized spacial score (nSPS) is 13.1. The molecule has 2 aromatic heterocycles. The number of rotatable bonds is 5. The molecule has 0 aliphatic rings. The van der Waals surface area contributed by atoms with Gasteiger partial charge >= 0.3 is 6.18 Å². The maximum Gasteiger partial charge on any atom is 0.416 e. The number of nitrogens with zero attached hydrogens (tertiary/aromatic N) is 3. The van der Waals surface area contributed by atoms with Gasteiger partial charge in [0.2, 0.25) is 0 Å². The van der Waals surface area contributed by atoms with Crippen LogP contribution in [0.3, 0.4) is 0 Å². The monoisotopic (exact) mass is 444 g/mol. The molecule has 1 atom stereocenters.